The molecule has 6 nitrogen and oxygen atoms in total. The van der Waals surface area contributed by atoms with Gasteiger partial charge in [0.05, 0.1) is 17.1 Å². The third kappa shape index (κ3) is 3.56. The summed E-state index contributed by atoms with van der Waals surface area (Å²) in [6.45, 7) is 3.74. The van der Waals surface area contributed by atoms with Gasteiger partial charge in [-0.05, 0) is 29.3 Å². The summed E-state index contributed by atoms with van der Waals surface area (Å²) in [5.41, 5.74) is 2.67. The van der Waals surface area contributed by atoms with Crippen molar-refractivity contribution in [3.05, 3.63) is 59.2 Å². The van der Waals surface area contributed by atoms with Crippen LogP contribution in [0, 0.1) is 11.3 Å². The minimum absolute atomic E-state index is 0.0968. The molecule has 2 heterocycles. The quantitative estimate of drug-likeness (QED) is 0.807. The van der Waals surface area contributed by atoms with Crippen molar-refractivity contribution < 1.29 is 13.2 Å². The third-order valence-electron chi connectivity index (χ3n) is 5.12. The number of nitriles is 1. The number of benzene rings is 2. The zero-order valence-corrected chi connectivity index (χ0v) is 15.8. The van der Waals surface area contributed by atoms with Gasteiger partial charge in [0.2, 0.25) is 10.0 Å². The molecule has 0 atom stereocenters. The van der Waals surface area contributed by atoms with Crippen molar-refractivity contribution in [1.29, 1.82) is 5.26 Å². The lowest BCUT2D eigenvalue weighted by atomic mass is 10.1. The molecule has 0 amide bonds. The van der Waals surface area contributed by atoms with Gasteiger partial charge in [0.1, 0.15) is 11.8 Å². The Morgan fingerprint density at radius 2 is 1.85 bits per heavy atom. The Bertz CT molecular complexity index is 990. The van der Waals surface area contributed by atoms with E-state index in [-0.39, 0.29) is 10.5 Å². The van der Waals surface area contributed by atoms with E-state index in [0.29, 0.717) is 26.2 Å². The third-order valence-corrected chi connectivity index (χ3v) is 7.07. The molecule has 0 saturated carbocycles. The smallest absolute Gasteiger partial charge is 0.244 e. The Hall–Kier alpha value is -2.40. The highest BCUT2D eigenvalue weighted by atomic mass is 32.2. The van der Waals surface area contributed by atoms with Crippen LogP contribution in [0.5, 0.6) is 5.75 Å². The molecule has 27 heavy (non-hydrogen) atoms. The molecule has 2 aromatic carbocycles. The van der Waals surface area contributed by atoms with E-state index in [2.05, 4.69) is 17.0 Å². The van der Waals surface area contributed by atoms with E-state index in [1.54, 1.807) is 18.2 Å². The molecule has 0 N–H and O–H groups in total. The highest BCUT2D eigenvalue weighted by Gasteiger charge is 2.30. The van der Waals surface area contributed by atoms with E-state index >= 15 is 0 Å². The average molecular weight is 383 g/mol. The zero-order valence-electron chi connectivity index (χ0n) is 15.0. The summed E-state index contributed by atoms with van der Waals surface area (Å²) in [7, 11) is -3.64. The number of piperazine rings is 1. The first-order chi connectivity index (χ1) is 13.1. The fourth-order valence-corrected chi connectivity index (χ4v) is 5.21. The van der Waals surface area contributed by atoms with Crippen LogP contribution in [-0.4, -0.2) is 50.4 Å². The SMILES string of the molecule is N#Cc1ccccc1S(=O)(=O)N1CCN(Cc2ccc3c(c2)CCO3)CC1. The first-order valence-electron chi connectivity index (χ1n) is 9.04. The first kappa shape index (κ1) is 18.0. The van der Waals surface area contributed by atoms with Crippen LogP contribution in [0.25, 0.3) is 0 Å². The number of ether oxygens (including phenoxy) is 1. The van der Waals surface area contributed by atoms with Crippen LogP contribution in [0.3, 0.4) is 0 Å². The second kappa shape index (κ2) is 7.31. The molecule has 0 aliphatic carbocycles. The van der Waals surface area contributed by atoms with E-state index in [0.717, 1.165) is 25.3 Å². The Morgan fingerprint density at radius 1 is 1.07 bits per heavy atom. The van der Waals surface area contributed by atoms with Crippen molar-refractivity contribution in [3.63, 3.8) is 0 Å². The van der Waals surface area contributed by atoms with Crippen LogP contribution in [-0.2, 0) is 23.0 Å². The van der Waals surface area contributed by atoms with Crippen molar-refractivity contribution in [2.24, 2.45) is 0 Å². The maximum Gasteiger partial charge on any atom is 0.244 e. The predicted molar refractivity (Wildman–Crippen MR) is 101 cm³/mol. The number of rotatable bonds is 4. The molecule has 2 aliphatic heterocycles. The molecule has 4 rings (SSSR count). The van der Waals surface area contributed by atoms with Crippen LogP contribution in [0.2, 0.25) is 0 Å². The molecule has 7 heteroatoms. The number of hydrogen-bond donors (Lipinski definition) is 0. The Kier molecular flexibility index (Phi) is 4.87. The summed E-state index contributed by atoms with van der Waals surface area (Å²) in [5, 5.41) is 9.20. The van der Waals surface area contributed by atoms with Gasteiger partial charge in [0.15, 0.2) is 0 Å². The average Bonchev–Trinajstić information content (AvgIpc) is 3.16. The van der Waals surface area contributed by atoms with E-state index < -0.39 is 10.0 Å². The van der Waals surface area contributed by atoms with Gasteiger partial charge in [0.25, 0.3) is 0 Å². The first-order valence-corrected chi connectivity index (χ1v) is 10.5. The minimum Gasteiger partial charge on any atom is -0.493 e. The fraction of sp³-hybridized carbons (Fsp3) is 0.350. The lowest BCUT2D eigenvalue weighted by molar-refractivity contribution is 0.181. The summed E-state index contributed by atoms with van der Waals surface area (Å²) in [6.07, 6.45) is 0.952. The molecule has 2 aliphatic rings. The van der Waals surface area contributed by atoms with Gasteiger partial charge in [-0.1, -0.05) is 24.3 Å². The molecular formula is C20H21N3O3S. The summed E-state index contributed by atoms with van der Waals surface area (Å²) >= 11 is 0. The van der Waals surface area contributed by atoms with E-state index in [9.17, 15) is 13.7 Å². The summed E-state index contributed by atoms with van der Waals surface area (Å²) in [6, 6.07) is 14.7. The molecule has 0 radical (unpaired) electrons. The van der Waals surface area contributed by atoms with Crippen molar-refractivity contribution in [2.45, 2.75) is 17.9 Å². The van der Waals surface area contributed by atoms with Crippen molar-refractivity contribution in [3.8, 4) is 11.8 Å². The topological polar surface area (TPSA) is 73.6 Å². The molecule has 1 fully saturated rings. The largest absolute Gasteiger partial charge is 0.493 e. The normalized spacial score (nSPS) is 17.9. The maximum absolute atomic E-state index is 12.9. The summed E-state index contributed by atoms with van der Waals surface area (Å²) in [5.74, 6) is 0.978. The van der Waals surface area contributed by atoms with E-state index in [1.165, 1.54) is 21.5 Å². The zero-order chi connectivity index (χ0) is 18.9. The van der Waals surface area contributed by atoms with Crippen LogP contribution in [0.15, 0.2) is 47.4 Å². The fourth-order valence-electron chi connectivity index (χ4n) is 3.65. The molecule has 0 bridgehead atoms. The molecule has 0 aromatic heterocycles. The highest BCUT2D eigenvalue weighted by Crippen LogP contribution is 2.27. The van der Waals surface area contributed by atoms with Gasteiger partial charge in [-0.3, -0.25) is 4.90 Å². The summed E-state index contributed by atoms with van der Waals surface area (Å²) in [4.78, 5) is 2.36. The van der Waals surface area contributed by atoms with Crippen LogP contribution in [0.1, 0.15) is 16.7 Å². The van der Waals surface area contributed by atoms with Crippen LogP contribution in [0.4, 0.5) is 0 Å². The van der Waals surface area contributed by atoms with Gasteiger partial charge >= 0.3 is 0 Å². The van der Waals surface area contributed by atoms with Crippen LogP contribution >= 0.6 is 0 Å². The molecule has 140 valence electrons. The molecular weight excluding hydrogens is 362 g/mol. The van der Waals surface area contributed by atoms with E-state index in [1.807, 2.05) is 12.1 Å². The van der Waals surface area contributed by atoms with Gasteiger partial charge in [-0.15, -0.1) is 0 Å². The van der Waals surface area contributed by atoms with Crippen LogP contribution < -0.4 is 4.74 Å². The number of fused-ring (bicyclic) bond motifs is 1. The molecule has 0 spiro atoms. The van der Waals surface area contributed by atoms with Crippen molar-refractivity contribution in [2.75, 3.05) is 32.8 Å². The number of nitrogens with zero attached hydrogens (tertiary/aromatic N) is 3. The van der Waals surface area contributed by atoms with Gasteiger partial charge < -0.3 is 4.74 Å². The predicted octanol–water partition coefficient (Wildman–Crippen LogP) is 2.00. The van der Waals surface area contributed by atoms with Crippen molar-refractivity contribution >= 4 is 10.0 Å². The Morgan fingerprint density at radius 3 is 2.63 bits per heavy atom. The number of hydrogen-bond acceptors (Lipinski definition) is 5. The Balaban J connectivity index is 1.42. The standard InChI is InChI=1S/C20H21N3O3S/c21-14-18-3-1-2-4-20(18)27(24,25)23-10-8-22(9-11-23)15-16-5-6-19-17(13-16)7-12-26-19/h1-6,13H,7-12,15H2. The molecule has 1 saturated heterocycles. The van der Waals surface area contributed by atoms with Gasteiger partial charge in [-0.25, -0.2) is 8.42 Å². The second-order valence-electron chi connectivity index (χ2n) is 6.83. The van der Waals surface area contributed by atoms with E-state index in [4.69, 9.17) is 4.74 Å². The number of sulfonamides is 1. The molecule has 2 aromatic rings. The van der Waals surface area contributed by atoms with Crippen molar-refractivity contribution in [1.82, 2.24) is 9.21 Å². The lowest BCUT2D eigenvalue weighted by Crippen LogP contribution is -2.48. The maximum atomic E-state index is 12.9. The molecule has 0 unspecified atom stereocenters. The highest BCUT2D eigenvalue weighted by molar-refractivity contribution is 7.89. The summed E-state index contributed by atoms with van der Waals surface area (Å²) < 4.78 is 32.8. The monoisotopic (exact) mass is 383 g/mol. The second-order valence-corrected chi connectivity index (χ2v) is 8.74. The minimum atomic E-state index is -3.64. The Labute approximate surface area is 159 Å². The van der Waals surface area contributed by atoms with Gasteiger partial charge in [0, 0.05) is 39.1 Å². The lowest BCUT2D eigenvalue weighted by Gasteiger charge is -2.34. The van der Waals surface area contributed by atoms with Gasteiger partial charge in [-0.2, -0.15) is 9.57 Å².